The normalized spacial score (nSPS) is 10.2. The third kappa shape index (κ3) is 2.95. The van der Waals surface area contributed by atoms with Gasteiger partial charge in [0.05, 0.1) is 12.7 Å². The Kier molecular flexibility index (Phi) is 4.65. The Morgan fingerprint density at radius 3 is 2.40 bits per heavy atom. The van der Waals surface area contributed by atoms with Gasteiger partial charge in [-0.3, -0.25) is 4.79 Å². The Morgan fingerprint density at radius 1 is 1.15 bits per heavy atom. The summed E-state index contributed by atoms with van der Waals surface area (Å²) in [5.74, 6) is 0.767. The van der Waals surface area contributed by atoms with E-state index >= 15 is 0 Å². The van der Waals surface area contributed by atoms with Crippen LogP contribution >= 0.6 is 22.6 Å². The highest BCUT2D eigenvalue weighted by Crippen LogP contribution is 2.23. The van der Waals surface area contributed by atoms with E-state index < -0.39 is 0 Å². The van der Waals surface area contributed by atoms with Gasteiger partial charge in [0.2, 0.25) is 0 Å². The molecule has 104 valence electrons. The number of halogens is 1. The quantitative estimate of drug-likeness (QED) is 0.756. The minimum atomic E-state index is -0.0109. The standard InChI is InChI=1S/C16H16INO2/c1-11-5-4-6-14(15(11)17)16(19)18(2)12-7-9-13(20-3)10-8-12/h4-10H,1-3H3. The highest BCUT2D eigenvalue weighted by molar-refractivity contribution is 14.1. The van der Waals surface area contributed by atoms with Gasteiger partial charge in [0.25, 0.3) is 5.91 Å². The minimum Gasteiger partial charge on any atom is -0.497 e. The molecule has 0 aliphatic carbocycles. The molecule has 0 fully saturated rings. The van der Waals surface area contributed by atoms with Crippen molar-refractivity contribution in [2.75, 3.05) is 19.1 Å². The summed E-state index contributed by atoms with van der Waals surface area (Å²) in [6.07, 6.45) is 0. The zero-order valence-electron chi connectivity index (χ0n) is 11.7. The van der Waals surface area contributed by atoms with Crippen LogP contribution in [-0.4, -0.2) is 20.1 Å². The number of carbonyl (C=O) groups is 1. The van der Waals surface area contributed by atoms with Gasteiger partial charge in [-0.1, -0.05) is 12.1 Å². The lowest BCUT2D eigenvalue weighted by atomic mass is 10.1. The number of anilines is 1. The molecule has 0 spiro atoms. The lowest BCUT2D eigenvalue weighted by molar-refractivity contribution is 0.0992. The van der Waals surface area contributed by atoms with E-state index in [0.717, 1.165) is 26.1 Å². The summed E-state index contributed by atoms with van der Waals surface area (Å²) < 4.78 is 6.12. The van der Waals surface area contributed by atoms with Crippen LogP contribution in [0.15, 0.2) is 42.5 Å². The monoisotopic (exact) mass is 381 g/mol. The molecule has 0 N–H and O–H groups in total. The van der Waals surface area contributed by atoms with Crippen LogP contribution in [0.3, 0.4) is 0 Å². The molecule has 0 aliphatic heterocycles. The lowest BCUT2D eigenvalue weighted by Gasteiger charge is -2.19. The molecule has 0 atom stereocenters. The number of amides is 1. The zero-order valence-corrected chi connectivity index (χ0v) is 13.8. The summed E-state index contributed by atoms with van der Waals surface area (Å²) in [6, 6.07) is 13.2. The van der Waals surface area contributed by atoms with Crippen LogP contribution in [0.2, 0.25) is 0 Å². The fourth-order valence-electron chi connectivity index (χ4n) is 1.92. The van der Waals surface area contributed by atoms with E-state index in [1.54, 1.807) is 19.1 Å². The molecule has 0 aromatic heterocycles. The van der Waals surface area contributed by atoms with Gasteiger partial charge in [-0.05, 0) is 65.4 Å². The van der Waals surface area contributed by atoms with Gasteiger partial charge < -0.3 is 9.64 Å². The average Bonchev–Trinajstić information content (AvgIpc) is 2.48. The van der Waals surface area contributed by atoms with Gasteiger partial charge in [-0.15, -0.1) is 0 Å². The molecule has 4 heteroatoms. The smallest absolute Gasteiger partial charge is 0.259 e. The summed E-state index contributed by atoms with van der Waals surface area (Å²) >= 11 is 2.22. The molecule has 0 saturated heterocycles. The summed E-state index contributed by atoms with van der Waals surface area (Å²) in [4.78, 5) is 14.2. The molecule has 0 unspecified atom stereocenters. The van der Waals surface area contributed by atoms with Gasteiger partial charge in [-0.25, -0.2) is 0 Å². The van der Waals surface area contributed by atoms with E-state index in [4.69, 9.17) is 4.74 Å². The number of methoxy groups -OCH3 is 1. The van der Waals surface area contributed by atoms with Crippen molar-refractivity contribution in [1.82, 2.24) is 0 Å². The molecule has 0 bridgehead atoms. The van der Waals surface area contributed by atoms with Gasteiger partial charge in [-0.2, -0.15) is 0 Å². The molecule has 20 heavy (non-hydrogen) atoms. The van der Waals surface area contributed by atoms with E-state index in [0.29, 0.717) is 0 Å². The molecular formula is C16H16INO2. The molecule has 0 heterocycles. The second-order valence-corrected chi connectivity index (χ2v) is 5.58. The van der Waals surface area contributed by atoms with Gasteiger partial charge >= 0.3 is 0 Å². The number of hydrogen-bond acceptors (Lipinski definition) is 2. The Morgan fingerprint density at radius 2 is 1.80 bits per heavy atom. The lowest BCUT2D eigenvalue weighted by Crippen LogP contribution is -2.27. The molecule has 1 amide bonds. The fourth-order valence-corrected chi connectivity index (χ4v) is 2.51. The fraction of sp³-hybridized carbons (Fsp3) is 0.188. The maximum absolute atomic E-state index is 12.6. The number of hydrogen-bond donors (Lipinski definition) is 0. The molecule has 2 rings (SSSR count). The maximum atomic E-state index is 12.6. The van der Waals surface area contributed by atoms with Crippen molar-refractivity contribution in [2.45, 2.75) is 6.92 Å². The Bertz CT molecular complexity index is 623. The van der Waals surface area contributed by atoms with Crippen LogP contribution < -0.4 is 9.64 Å². The van der Waals surface area contributed by atoms with E-state index in [2.05, 4.69) is 22.6 Å². The predicted octanol–water partition coefficient (Wildman–Crippen LogP) is 3.88. The molecule has 2 aromatic carbocycles. The molecular weight excluding hydrogens is 365 g/mol. The van der Waals surface area contributed by atoms with Crippen LogP contribution in [0.1, 0.15) is 15.9 Å². The van der Waals surface area contributed by atoms with Crippen molar-refractivity contribution in [3.63, 3.8) is 0 Å². The zero-order chi connectivity index (χ0) is 14.7. The summed E-state index contributed by atoms with van der Waals surface area (Å²) in [7, 11) is 3.40. The first-order chi connectivity index (χ1) is 9.54. The first-order valence-corrected chi connectivity index (χ1v) is 7.29. The summed E-state index contributed by atoms with van der Waals surface area (Å²) in [5.41, 5.74) is 2.68. The second-order valence-electron chi connectivity index (χ2n) is 4.50. The van der Waals surface area contributed by atoms with Gasteiger partial charge in [0, 0.05) is 16.3 Å². The highest BCUT2D eigenvalue weighted by atomic mass is 127. The Balaban J connectivity index is 2.29. The van der Waals surface area contributed by atoms with Crippen LogP contribution in [0, 0.1) is 10.5 Å². The van der Waals surface area contributed by atoms with Gasteiger partial charge in [0.15, 0.2) is 0 Å². The summed E-state index contributed by atoms with van der Waals surface area (Å²) in [6.45, 7) is 2.01. The van der Waals surface area contributed by atoms with Crippen LogP contribution in [0.4, 0.5) is 5.69 Å². The molecule has 0 saturated carbocycles. The third-order valence-electron chi connectivity index (χ3n) is 3.19. The highest BCUT2D eigenvalue weighted by Gasteiger charge is 2.17. The Labute approximate surface area is 132 Å². The van der Waals surface area contributed by atoms with Crippen molar-refractivity contribution in [3.8, 4) is 5.75 Å². The number of aryl methyl sites for hydroxylation is 1. The van der Waals surface area contributed by atoms with Crippen LogP contribution in [0.5, 0.6) is 5.75 Å². The maximum Gasteiger partial charge on any atom is 0.259 e. The van der Waals surface area contributed by atoms with E-state index in [-0.39, 0.29) is 5.91 Å². The third-order valence-corrected chi connectivity index (χ3v) is 4.62. The van der Waals surface area contributed by atoms with Crippen molar-refractivity contribution in [2.24, 2.45) is 0 Å². The first-order valence-electron chi connectivity index (χ1n) is 6.22. The molecule has 0 radical (unpaired) electrons. The first kappa shape index (κ1) is 14.8. The van der Waals surface area contributed by atoms with Crippen molar-refractivity contribution in [3.05, 3.63) is 57.2 Å². The number of rotatable bonds is 3. The molecule has 2 aromatic rings. The van der Waals surface area contributed by atoms with Crippen LogP contribution in [0.25, 0.3) is 0 Å². The van der Waals surface area contributed by atoms with E-state index in [1.807, 2.05) is 49.4 Å². The van der Waals surface area contributed by atoms with Crippen molar-refractivity contribution in [1.29, 1.82) is 0 Å². The van der Waals surface area contributed by atoms with Crippen molar-refractivity contribution < 1.29 is 9.53 Å². The number of ether oxygens (including phenoxy) is 1. The largest absolute Gasteiger partial charge is 0.497 e. The molecule has 3 nitrogen and oxygen atoms in total. The van der Waals surface area contributed by atoms with Gasteiger partial charge in [0.1, 0.15) is 5.75 Å². The van der Waals surface area contributed by atoms with E-state index in [1.165, 1.54) is 0 Å². The van der Waals surface area contributed by atoms with E-state index in [9.17, 15) is 4.79 Å². The average molecular weight is 381 g/mol. The number of benzene rings is 2. The Hall–Kier alpha value is -1.56. The van der Waals surface area contributed by atoms with Crippen LogP contribution in [-0.2, 0) is 0 Å². The predicted molar refractivity (Wildman–Crippen MR) is 89.6 cm³/mol. The van der Waals surface area contributed by atoms with Crippen molar-refractivity contribution >= 4 is 34.2 Å². The topological polar surface area (TPSA) is 29.5 Å². The molecule has 0 aliphatic rings. The second kappa shape index (κ2) is 6.26. The summed E-state index contributed by atoms with van der Waals surface area (Å²) in [5, 5.41) is 0. The number of carbonyl (C=O) groups excluding carboxylic acids is 1. The minimum absolute atomic E-state index is 0.0109. The SMILES string of the molecule is COc1ccc(N(C)C(=O)c2cccc(C)c2I)cc1. The number of nitrogens with zero attached hydrogens (tertiary/aromatic N) is 1.